The number of benzene rings is 1. The molecular weight excluding hydrogens is 459 g/mol. The molecule has 0 bridgehead atoms. The minimum atomic E-state index is -4.37. The van der Waals surface area contributed by atoms with Gasteiger partial charge in [-0.3, -0.25) is 9.89 Å². The number of amides is 1. The molecule has 0 atom stereocenters. The van der Waals surface area contributed by atoms with Gasteiger partial charge in [-0.15, -0.1) is 16.4 Å². The van der Waals surface area contributed by atoms with Crippen LogP contribution in [-0.4, -0.2) is 57.9 Å². The number of anilines is 1. The Morgan fingerprint density at radius 3 is 2.69 bits per heavy atom. The second-order valence-corrected chi connectivity index (χ2v) is 8.98. The van der Waals surface area contributed by atoms with E-state index in [1.807, 2.05) is 34.6 Å². The van der Waals surface area contributed by atoms with Gasteiger partial charge in [0.1, 0.15) is 5.82 Å². The number of H-pyrrole nitrogens is 1. The molecule has 0 radical (unpaired) electrons. The van der Waals surface area contributed by atoms with Crippen LogP contribution in [0.25, 0.3) is 12.2 Å². The third kappa shape index (κ3) is 5.71. The van der Waals surface area contributed by atoms with Gasteiger partial charge >= 0.3 is 6.18 Å². The average Bonchev–Trinajstić information content (AvgIpc) is 3.48. The van der Waals surface area contributed by atoms with Crippen LogP contribution in [-0.2, 0) is 11.0 Å². The van der Waals surface area contributed by atoms with Crippen LogP contribution in [0.4, 0.5) is 18.9 Å². The quantitative estimate of drug-likeness (QED) is 0.528. The first-order valence-corrected chi connectivity index (χ1v) is 11.7. The molecule has 1 aliphatic rings. The second kappa shape index (κ2) is 9.78. The Hall–Kier alpha value is -2.79. The molecule has 3 heterocycles. The molecule has 2 aromatic heterocycles. The van der Waals surface area contributed by atoms with Crippen LogP contribution in [0.15, 0.2) is 46.9 Å². The van der Waals surface area contributed by atoms with E-state index in [-0.39, 0.29) is 11.7 Å². The van der Waals surface area contributed by atoms with Crippen LogP contribution in [0.5, 0.6) is 0 Å². The molecule has 3 aromatic rings. The molecule has 0 spiro atoms. The van der Waals surface area contributed by atoms with Gasteiger partial charge in [-0.25, -0.2) is 4.98 Å². The minimum absolute atomic E-state index is 0.0424. The van der Waals surface area contributed by atoms with Crippen molar-refractivity contribution in [2.45, 2.75) is 11.3 Å². The normalized spacial score (nSPS) is 15.0. The van der Waals surface area contributed by atoms with E-state index in [1.165, 1.54) is 17.8 Å². The summed E-state index contributed by atoms with van der Waals surface area (Å²) in [5.41, 5.74) is -0.147. The number of aromatic amines is 1. The van der Waals surface area contributed by atoms with Crippen molar-refractivity contribution in [1.82, 2.24) is 20.1 Å². The predicted molar refractivity (Wildman–Crippen MR) is 121 cm³/mol. The molecule has 0 saturated carbocycles. The van der Waals surface area contributed by atoms with E-state index in [0.29, 0.717) is 42.8 Å². The summed E-state index contributed by atoms with van der Waals surface area (Å²) in [5.74, 6) is 0.775. The number of thioether (sulfide) groups is 1. The highest BCUT2D eigenvalue weighted by molar-refractivity contribution is 7.99. The fraction of sp³-hybridized carbons (Fsp3) is 0.286. The zero-order valence-corrected chi connectivity index (χ0v) is 18.5. The van der Waals surface area contributed by atoms with Crippen molar-refractivity contribution in [1.29, 1.82) is 0 Å². The van der Waals surface area contributed by atoms with E-state index < -0.39 is 11.7 Å². The molecule has 4 rings (SSSR count). The first-order valence-electron chi connectivity index (χ1n) is 9.85. The number of nitrogens with zero attached hydrogens (tertiary/aromatic N) is 4. The van der Waals surface area contributed by atoms with Gasteiger partial charge < -0.3 is 9.80 Å². The van der Waals surface area contributed by atoms with Crippen LogP contribution in [0, 0.1) is 0 Å². The van der Waals surface area contributed by atoms with E-state index in [0.717, 1.165) is 17.0 Å². The number of thiophene rings is 1. The van der Waals surface area contributed by atoms with Crippen molar-refractivity contribution >= 4 is 46.8 Å². The highest BCUT2D eigenvalue weighted by Crippen LogP contribution is 2.32. The van der Waals surface area contributed by atoms with Crippen molar-refractivity contribution in [2.24, 2.45) is 0 Å². The molecule has 1 N–H and O–H groups in total. The minimum Gasteiger partial charge on any atom is -0.368 e. The molecule has 168 valence electrons. The van der Waals surface area contributed by atoms with Gasteiger partial charge in [0.15, 0.2) is 0 Å². The number of nitrogens with one attached hydrogen (secondary N) is 1. The monoisotopic (exact) mass is 479 g/mol. The smallest absolute Gasteiger partial charge is 0.368 e. The highest BCUT2D eigenvalue weighted by Gasteiger charge is 2.31. The molecule has 1 amide bonds. The Morgan fingerprint density at radius 2 is 1.97 bits per heavy atom. The number of aromatic nitrogens is 3. The molecule has 1 aliphatic heterocycles. The van der Waals surface area contributed by atoms with Crippen molar-refractivity contribution in [3.8, 4) is 0 Å². The molecule has 0 unspecified atom stereocenters. The van der Waals surface area contributed by atoms with Gasteiger partial charge in [0, 0.05) is 36.7 Å². The molecule has 6 nitrogen and oxygen atoms in total. The average molecular weight is 480 g/mol. The lowest BCUT2D eigenvalue weighted by Crippen LogP contribution is -2.49. The van der Waals surface area contributed by atoms with E-state index in [4.69, 9.17) is 0 Å². The number of halogens is 3. The predicted octanol–water partition coefficient (Wildman–Crippen LogP) is 4.50. The maximum absolute atomic E-state index is 12.9. The van der Waals surface area contributed by atoms with E-state index in [9.17, 15) is 18.0 Å². The van der Waals surface area contributed by atoms with Crippen molar-refractivity contribution in [3.63, 3.8) is 0 Å². The summed E-state index contributed by atoms with van der Waals surface area (Å²) in [6, 6.07) is 9.26. The Balaban J connectivity index is 1.26. The lowest BCUT2D eigenvalue weighted by Gasteiger charge is -2.36. The fourth-order valence-electron chi connectivity index (χ4n) is 3.25. The molecule has 32 heavy (non-hydrogen) atoms. The Morgan fingerprint density at radius 1 is 1.16 bits per heavy atom. The number of alkyl halides is 3. The van der Waals surface area contributed by atoms with Crippen LogP contribution in [0.3, 0.4) is 0 Å². The SMILES string of the molecule is O=C(CSc1n[nH]c(/C=C/c2cccs2)n1)N1CCN(c2cccc(C(F)(F)F)c2)CC1. The van der Waals surface area contributed by atoms with Gasteiger partial charge in [-0.2, -0.15) is 13.2 Å². The lowest BCUT2D eigenvalue weighted by atomic mass is 10.1. The van der Waals surface area contributed by atoms with Gasteiger partial charge in [0.2, 0.25) is 11.1 Å². The van der Waals surface area contributed by atoms with Crippen LogP contribution < -0.4 is 4.90 Å². The van der Waals surface area contributed by atoms with Crippen molar-refractivity contribution < 1.29 is 18.0 Å². The Kier molecular flexibility index (Phi) is 6.85. The maximum atomic E-state index is 12.9. The maximum Gasteiger partial charge on any atom is 0.416 e. The topological polar surface area (TPSA) is 65.1 Å². The number of rotatable bonds is 6. The number of carbonyl (C=O) groups excluding carboxylic acids is 1. The molecule has 1 saturated heterocycles. The molecule has 1 fully saturated rings. The number of hydrogen-bond acceptors (Lipinski definition) is 6. The summed E-state index contributed by atoms with van der Waals surface area (Å²) in [7, 11) is 0. The first kappa shape index (κ1) is 22.4. The summed E-state index contributed by atoms with van der Waals surface area (Å²) >= 11 is 2.88. The Labute approximate surface area is 191 Å². The second-order valence-electron chi connectivity index (χ2n) is 7.06. The van der Waals surface area contributed by atoms with E-state index in [1.54, 1.807) is 22.3 Å². The fourth-order valence-corrected chi connectivity index (χ4v) is 4.58. The number of hydrogen-bond donors (Lipinski definition) is 1. The number of carbonyl (C=O) groups is 1. The Bertz CT molecular complexity index is 1070. The van der Waals surface area contributed by atoms with Gasteiger partial charge in [-0.05, 0) is 41.8 Å². The zero-order valence-electron chi connectivity index (χ0n) is 16.9. The largest absolute Gasteiger partial charge is 0.416 e. The first-order chi connectivity index (χ1) is 15.4. The van der Waals surface area contributed by atoms with Crippen LogP contribution in [0.1, 0.15) is 16.3 Å². The van der Waals surface area contributed by atoms with Crippen LogP contribution >= 0.6 is 23.1 Å². The standard InChI is InChI=1S/C21H20F3N5OS2/c22-21(23,24)15-3-1-4-16(13-15)28-8-10-29(11-9-28)19(30)14-32-20-25-18(26-27-20)7-6-17-5-2-12-31-17/h1-7,12-13H,8-11,14H2,(H,25,26,27)/b7-6+. The van der Waals surface area contributed by atoms with Crippen LogP contribution in [0.2, 0.25) is 0 Å². The van der Waals surface area contributed by atoms with Gasteiger partial charge in [-0.1, -0.05) is 23.9 Å². The van der Waals surface area contributed by atoms with E-state index in [2.05, 4.69) is 15.2 Å². The van der Waals surface area contributed by atoms with Crippen molar-refractivity contribution in [2.75, 3.05) is 36.8 Å². The summed E-state index contributed by atoms with van der Waals surface area (Å²) in [5, 5.41) is 9.44. The van der Waals surface area contributed by atoms with Gasteiger partial charge in [0.05, 0.1) is 11.3 Å². The number of piperazine rings is 1. The summed E-state index contributed by atoms with van der Waals surface area (Å²) < 4.78 is 38.8. The summed E-state index contributed by atoms with van der Waals surface area (Å²) in [4.78, 5) is 21.6. The molecule has 1 aromatic carbocycles. The summed E-state index contributed by atoms with van der Waals surface area (Å²) in [6.07, 6.45) is -0.600. The summed E-state index contributed by atoms with van der Waals surface area (Å²) in [6.45, 7) is 1.88. The third-order valence-electron chi connectivity index (χ3n) is 4.93. The molecule has 0 aliphatic carbocycles. The molecular formula is C21H20F3N5OS2. The van der Waals surface area contributed by atoms with Crippen molar-refractivity contribution in [3.05, 3.63) is 58.0 Å². The van der Waals surface area contributed by atoms with E-state index >= 15 is 0 Å². The van der Waals surface area contributed by atoms with Gasteiger partial charge in [0.25, 0.3) is 0 Å². The zero-order chi connectivity index (χ0) is 22.6. The highest BCUT2D eigenvalue weighted by atomic mass is 32.2. The third-order valence-corrected chi connectivity index (χ3v) is 6.60. The molecule has 11 heteroatoms. The lowest BCUT2D eigenvalue weighted by molar-refractivity contribution is -0.137.